The number of carbonyl (C=O) groups is 1. The number of hydrogen-bond acceptors (Lipinski definition) is 3. The molecule has 0 aliphatic carbocycles. The highest BCUT2D eigenvalue weighted by Crippen LogP contribution is 2.24. The minimum Gasteiger partial charge on any atom is -0.351 e. The monoisotopic (exact) mass is 471 g/mol. The summed E-state index contributed by atoms with van der Waals surface area (Å²) in [5, 5.41) is 5.48. The Hall–Kier alpha value is -2.38. The highest BCUT2D eigenvalue weighted by Gasteiger charge is 2.23. The molecule has 1 amide bonds. The van der Waals surface area contributed by atoms with Crippen LogP contribution in [0.2, 0.25) is 5.02 Å². The molecule has 1 aromatic carbocycles. The first-order valence-electron chi connectivity index (χ1n) is 11.4. The third kappa shape index (κ3) is 5.15. The van der Waals surface area contributed by atoms with Gasteiger partial charge in [-0.1, -0.05) is 24.9 Å². The number of halogens is 1. The highest BCUT2D eigenvalue weighted by atomic mass is 35.5. The second-order valence-electron chi connectivity index (χ2n) is 8.33. The molecule has 1 saturated heterocycles. The van der Waals surface area contributed by atoms with Gasteiger partial charge in [-0.2, -0.15) is 5.10 Å². The number of amides is 1. The van der Waals surface area contributed by atoms with Crippen molar-refractivity contribution >= 4 is 29.7 Å². The molecular weight excluding hydrogens is 442 g/mol. The zero-order valence-electron chi connectivity index (χ0n) is 18.5. The topological polar surface area (TPSA) is 48.0 Å². The lowest BCUT2D eigenvalue weighted by Crippen LogP contribution is -2.39. The maximum atomic E-state index is 12.9. The van der Waals surface area contributed by atoms with E-state index < -0.39 is 0 Å². The van der Waals surface area contributed by atoms with Gasteiger partial charge in [0, 0.05) is 55.1 Å². The number of nitrogens with zero attached hydrogens (tertiary/aromatic N) is 5. The summed E-state index contributed by atoms with van der Waals surface area (Å²) in [7, 11) is 0. The average Bonchev–Trinajstić information content (AvgIpc) is 3.45. The maximum Gasteiger partial charge on any atom is 0.224 e. The van der Waals surface area contributed by atoms with Gasteiger partial charge in [-0.25, -0.2) is 4.68 Å². The molecule has 3 heterocycles. The third-order valence-corrected chi connectivity index (χ3v) is 6.85. The van der Waals surface area contributed by atoms with Crippen molar-refractivity contribution in [3.63, 3.8) is 0 Å². The molecule has 0 spiro atoms. The summed E-state index contributed by atoms with van der Waals surface area (Å²) in [5.41, 5.74) is 0.980. The lowest BCUT2D eigenvalue weighted by atomic mass is 10.0. The Labute approximate surface area is 199 Å². The molecule has 8 heteroatoms. The fourth-order valence-corrected chi connectivity index (χ4v) is 4.72. The van der Waals surface area contributed by atoms with Crippen molar-refractivity contribution in [2.24, 2.45) is 0 Å². The van der Waals surface area contributed by atoms with Crippen molar-refractivity contribution in [2.45, 2.75) is 58.2 Å². The zero-order valence-corrected chi connectivity index (χ0v) is 20.1. The molecule has 0 radical (unpaired) electrons. The van der Waals surface area contributed by atoms with E-state index in [0.717, 1.165) is 56.7 Å². The second-order valence-corrected chi connectivity index (χ2v) is 9.14. The van der Waals surface area contributed by atoms with Gasteiger partial charge < -0.3 is 9.47 Å². The summed E-state index contributed by atoms with van der Waals surface area (Å²) in [6, 6.07) is 12.3. The Morgan fingerprint density at radius 1 is 1.12 bits per heavy atom. The number of benzene rings is 1. The van der Waals surface area contributed by atoms with Crippen LogP contribution in [0.3, 0.4) is 0 Å². The quantitative estimate of drug-likeness (QED) is 0.402. The van der Waals surface area contributed by atoms with E-state index in [1.165, 1.54) is 0 Å². The van der Waals surface area contributed by atoms with Gasteiger partial charge in [-0.05, 0) is 67.9 Å². The molecule has 0 atom stereocenters. The fourth-order valence-electron chi connectivity index (χ4n) is 4.28. The smallest absolute Gasteiger partial charge is 0.224 e. The summed E-state index contributed by atoms with van der Waals surface area (Å²) in [4.78, 5) is 14.9. The van der Waals surface area contributed by atoms with Crippen LogP contribution in [-0.2, 0) is 17.9 Å². The standard InChI is InChI=1S/C24H30ClN5OS/c1-2-3-15-29-23(19-6-8-20(25)9-7-19)26-30(24(29)32)18-12-22(31)28-16-10-21(11-17-28)27-13-4-5-14-27/h4-9,13-14,21H,2-3,10-12,15-18H2,1H3. The molecule has 1 aliphatic heterocycles. The number of piperidine rings is 1. The van der Waals surface area contributed by atoms with Crippen molar-refractivity contribution in [3.8, 4) is 11.4 Å². The minimum absolute atomic E-state index is 0.175. The molecule has 32 heavy (non-hydrogen) atoms. The van der Waals surface area contributed by atoms with Crippen LogP contribution < -0.4 is 0 Å². The van der Waals surface area contributed by atoms with E-state index in [-0.39, 0.29) is 5.91 Å². The third-order valence-electron chi connectivity index (χ3n) is 6.16. The zero-order chi connectivity index (χ0) is 22.5. The van der Waals surface area contributed by atoms with Gasteiger partial charge in [0.1, 0.15) is 0 Å². The molecule has 0 saturated carbocycles. The van der Waals surface area contributed by atoms with Crippen LogP contribution in [0, 0.1) is 4.77 Å². The number of rotatable bonds is 8. The SMILES string of the molecule is CCCCn1c(-c2ccc(Cl)cc2)nn(CCC(=O)N2CCC(n3cccc3)CC2)c1=S. The Morgan fingerprint density at radius 2 is 1.81 bits per heavy atom. The van der Waals surface area contributed by atoms with Crippen molar-refractivity contribution in [1.29, 1.82) is 0 Å². The van der Waals surface area contributed by atoms with Gasteiger partial charge in [0.2, 0.25) is 5.91 Å². The molecule has 2 aromatic heterocycles. The predicted molar refractivity (Wildman–Crippen MR) is 130 cm³/mol. The first-order valence-corrected chi connectivity index (χ1v) is 12.2. The summed E-state index contributed by atoms with van der Waals surface area (Å²) in [6.45, 7) is 5.07. The van der Waals surface area contributed by atoms with Crippen molar-refractivity contribution in [3.05, 3.63) is 58.6 Å². The molecule has 6 nitrogen and oxygen atoms in total. The molecule has 1 aliphatic rings. The molecule has 3 aromatic rings. The van der Waals surface area contributed by atoms with Gasteiger partial charge in [0.05, 0.1) is 6.54 Å². The summed E-state index contributed by atoms with van der Waals surface area (Å²) in [5.74, 6) is 1.01. The number of unbranched alkanes of at least 4 members (excludes halogenated alkanes) is 1. The number of likely N-dealkylation sites (tertiary alicyclic amines) is 1. The lowest BCUT2D eigenvalue weighted by molar-refractivity contribution is -0.132. The van der Waals surface area contributed by atoms with E-state index in [4.69, 9.17) is 28.9 Å². The summed E-state index contributed by atoms with van der Waals surface area (Å²) >= 11 is 11.8. The van der Waals surface area contributed by atoms with Crippen molar-refractivity contribution in [2.75, 3.05) is 13.1 Å². The van der Waals surface area contributed by atoms with Crippen LogP contribution in [0.25, 0.3) is 11.4 Å². The Morgan fingerprint density at radius 3 is 2.47 bits per heavy atom. The van der Waals surface area contributed by atoms with E-state index in [1.807, 2.05) is 29.2 Å². The van der Waals surface area contributed by atoms with E-state index in [0.29, 0.717) is 28.8 Å². The number of aromatic nitrogens is 4. The Kier molecular flexibility index (Phi) is 7.48. The largest absolute Gasteiger partial charge is 0.351 e. The van der Waals surface area contributed by atoms with Crippen LogP contribution in [0.1, 0.15) is 45.1 Å². The second kappa shape index (κ2) is 10.5. The minimum atomic E-state index is 0.175. The first-order chi connectivity index (χ1) is 15.6. The molecule has 0 bridgehead atoms. The molecule has 0 unspecified atom stereocenters. The first kappa shape index (κ1) is 22.8. The van der Waals surface area contributed by atoms with Crippen molar-refractivity contribution in [1.82, 2.24) is 23.8 Å². The highest BCUT2D eigenvalue weighted by molar-refractivity contribution is 7.71. The average molecular weight is 472 g/mol. The molecule has 0 N–H and O–H groups in total. The molecule has 170 valence electrons. The molecule has 4 rings (SSSR count). The fraction of sp³-hybridized carbons (Fsp3) is 0.458. The molecular formula is C24H30ClN5OS. The van der Waals surface area contributed by atoms with Gasteiger partial charge in [0.25, 0.3) is 0 Å². The van der Waals surface area contributed by atoms with E-state index >= 15 is 0 Å². The maximum absolute atomic E-state index is 12.9. The van der Waals surface area contributed by atoms with Gasteiger partial charge in [0.15, 0.2) is 10.6 Å². The van der Waals surface area contributed by atoms with Gasteiger partial charge >= 0.3 is 0 Å². The number of aryl methyl sites for hydroxylation is 1. The molecule has 1 fully saturated rings. The van der Waals surface area contributed by atoms with Crippen LogP contribution in [0.15, 0.2) is 48.8 Å². The van der Waals surface area contributed by atoms with Crippen LogP contribution in [0.5, 0.6) is 0 Å². The number of hydrogen-bond donors (Lipinski definition) is 0. The van der Waals surface area contributed by atoms with Crippen LogP contribution in [-0.4, -0.2) is 42.8 Å². The summed E-state index contributed by atoms with van der Waals surface area (Å²) < 4.78 is 6.80. The van der Waals surface area contributed by atoms with Gasteiger partial charge in [-0.15, -0.1) is 0 Å². The van der Waals surface area contributed by atoms with E-state index in [9.17, 15) is 4.79 Å². The number of carbonyl (C=O) groups excluding carboxylic acids is 1. The lowest BCUT2D eigenvalue weighted by Gasteiger charge is -2.32. The van der Waals surface area contributed by atoms with Crippen molar-refractivity contribution < 1.29 is 4.79 Å². The van der Waals surface area contributed by atoms with E-state index in [2.05, 4.69) is 40.6 Å². The van der Waals surface area contributed by atoms with Gasteiger partial charge in [-0.3, -0.25) is 9.36 Å². The van der Waals surface area contributed by atoms with Crippen LogP contribution >= 0.6 is 23.8 Å². The summed E-state index contributed by atoms with van der Waals surface area (Å²) in [6.07, 6.45) is 8.71. The Balaban J connectivity index is 1.42. The predicted octanol–water partition coefficient (Wildman–Crippen LogP) is 5.59. The Bertz CT molecular complexity index is 1080. The normalized spacial score (nSPS) is 14.8. The van der Waals surface area contributed by atoms with Crippen LogP contribution in [0.4, 0.5) is 0 Å². The van der Waals surface area contributed by atoms with E-state index in [1.54, 1.807) is 4.68 Å².